The van der Waals surface area contributed by atoms with Crippen LogP contribution in [0.1, 0.15) is 25.7 Å². The first-order chi connectivity index (χ1) is 5.84. The smallest absolute Gasteiger partial charge is 0.430 e. The molecule has 1 aliphatic rings. The number of carboxylic acids is 1. The minimum Gasteiger partial charge on any atom is -0.542 e. The van der Waals surface area contributed by atoms with Gasteiger partial charge in [0.05, 0.1) is 6.04 Å². The Hall–Kier alpha value is -0.780. The number of rotatable bonds is 0. The van der Waals surface area contributed by atoms with Crippen LogP contribution in [0.5, 0.6) is 0 Å². The molecule has 13 heavy (non-hydrogen) atoms. The van der Waals surface area contributed by atoms with Crippen molar-refractivity contribution in [2.45, 2.75) is 37.9 Å². The Kier molecular flexibility index (Phi) is 4.76. The average Bonchev–Trinajstić information content (AvgIpc) is 2.38. The molecule has 1 fully saturated rings. The third-order valence-electron chi connectivity index (χ3n) is 1.71. The minimum absolute atomic E-state index is 0.796. The molecule has 3 nitrogen and oxygen atoms in total. The molecule has 0 bridgehead atoms. The van der Waals surface area contributed by atoms with Gasteiger partial charge >= 0.3 is 6.18 Å². The van der Waals surface area contributed by atoms with E-state index in [0.29, 0.717) is 0 Å². The topological polar surface area (TPSA) is 67.8 Å². The van der Waals surface area contributed by atoms with Crippen molar-refractivity contribution < 1.29 is 28.8 Å². The summed E-state index contributed by atoms with van der Waals surface area (Å²) in [5.74, 6) is -3.01. The molecule has 0 aromatic rings. The number of halogens is 3. The molecule has 0 aromatic heterocycles. The highest BCUT2D eigenvalue weighted by molar-refractivity contribution is 5.70. The summed E-state index contributed by atoms with van der Waals surface area (Å²) in [6.07, 6.45) is 0.405. The second-order valence-corrected chi connectivity index (χ2v) is 2.94. The van der Waals surface area contributed by atoms with Crippen LogP contribution in [0.25, 0.3) is 0 Å². The Morgan fingerprint density at radius 3 is 1.69 bits per heavy atom. The molecule has 0 unspecified atom stereocenters. The van der Waals surface area contributed by atoms with Crippen LogP contribution in [0, 0.1) is 0 Å². The van der Waals surface area contributed by atoms with E-state index in [1.54, 1.807) is 0 Å². The average molecular weight is 199 g/mol. The van der Waals surface area contributed by atoms with Crippen LogP contribution in [-0.2, 0) is 4.79 Å². The van der Waals surface area contributed by atoms with Crippen LogP contribution in [0.15, 0.2) is 0 Å². The van der Waals surface area contributed by atoms with Crippen molar-refractivity contribution in [3.05, 3.63) is 0 Å². The van der Waals surface area contributed by atoms with E-state index in [1.807, 2.05) is 0 Å². The molecular formula is C7H12F3NO2. The summed E-state index contributed by atoms with van der Waals surface area (Å²) in [6, 6.07) is 0.796. The maximum atomic E-state index is 10.5. The van der Waals surface area contributed by atoms with Crippen LogP contribution in [-0.4, -0.2) is 18.2 Å². The molecule has 0 saturated heterocycles. The maximum absolute atomic E-state index is 10.5. The standard InChI is InChI=1S/C5H11N.C2HF3O2/c6-5-3-1-2-4-5;3-2(4,5)1(6)7/h5H,1-4,6H2;(H,6,7). The molecule has 1 aliphatic carbocycles. The third-order valence-corrected chi connectivity index (χ3v) is 1.71. The Bertz CT molecular complexity index is 164. The molecule has 1 saturated carbocycles. The molecule has 0 radical (unpaired) electrons. The summed E-state index contributed by atoms with van der Waals surface area (Å²) < 4.78 is 31.5. The van der Waals surface area contributed by atoms with Crippen molar-refractivity contribution in [3.63, 3.8) is 0 Å². The Morgan fingerprint density at radius 2 is 1.62 bits per heavy atom. The molecule has 6 heteroatoms. The highest BCUT2D eigenvalue weighted by Gasteiger charge is 2.28. The van der Waals surface area contributed by atoms with E-state index in [1.165, 1.54) is 25.7 Å². The maximum Gasteiger partial charge on any atom is 0.430 e. The van der Waals surface area contributed by atoms with Crippen LogP contribution < -0.4 is 10.8 Å². The first-order valence-corrected chi connectivity index (χ1v) is 3.95. The zero-order chi connectivity index (χ0) is 10.5. The molecule has 0 aliphatic heterocycles. The lowest BCUT2D eigenvalue weighted by atomic mass is 10.3. The van der Waals surface area contributed by atoms with Crippen molar-refractivity contribution in [2.75, 3.05) is 0 Å². The van der Waals surface area contributed by atoms with Gasteiger partial charge in [-0.3, -0.25) is 0 Å². The number of carbonyl (C=O) groups is 1. The fourth-order valence-corrected chi connectivity index (χ4v) is 1.01. The molecule has 3 N–H and O–H groups in total. The number of quaternary nitrogens is 1. The molecule has 0 heterocycles. The number of aliphatic carboxylic acids is 1. The van der Waals surface area contributed by atoms with Gasteiger partial charge < -0.3 is 15.6 Å². The first-order valence-electron chi connectivity index (χ1n) is 3.95. The Labute approximate surface area is 73.7 Å². The summed E-state index contributed by atoms with van der Waals surface area (Å²) in [6.45, 7) is 0. The molecule has 0 aromatic carbocycles. The number of carboxylic acid groups (broad SMARTS) is 1. The largest absolute Gasteiger partial charge is 0.542 e. The van der Waals surface area contributed by atoms with Gasteiger partial charge in [-0.2, -0.15) is 13.2 Å². The van der Waals surface area contributed by atoms with Crippen LogP contribution >= 0.6 is 0 Å². The second kappa shape index (κ2) is 5.06. The van der Waals surface area contributed by atoms with Crippen molar-refractivity contribution in [1.29, 1.82) is 0 Å². The predicted molar refractivity (Wildman–Crippen MR) is 36.2 cm³/mol. The minimum atomic E-state index is -5.19. The number of carbonyl (C=O) groups excluding carboxylic acids is 1. The van der Waals surface area contributed by atoms with Gasteiger partial charge in [0.2, 0.25) is 0 Å². The molecule has 78 valence electrons. The van der Waals surface area contributed by atoms with Gasteiger partial charge in [-0.05, 0) is 25.7 Å². The van der Waals surface area contributed by atoms with Crippen molar-refractivity contribution in [2.24, 2.45) is 0 Å². The van der Waals surface area contributed by atoms with Gasteiger partial charge in [-0.25, -0.2) is 0 Å². The summed E-state index contributed by atoms with van der Waals surface area (Å²) in [5.41, 5.74) is 3.94. The zero-order valence-electron chi connectivity index (χ0n) is 7.06. The lowest BCUT2D eigenvalue weighted by Gasteiger charge is -2.03. The van der Waals surface area contributed by atoms with Gasteiger partial charge in [0, 0.05) is 0 Å². The van der Waals surface area contributed by atoms with Gasteiger partial charge in [0.25, 0.3) is 0 Å². The molecule has 0 spiro atoms. The van der Waals surface area contributed by atoms with Crippen LogP contribution in [0.3, 0.4) is 0 Å². The highest BCUT2D eigenvalue weighted by Crippen LogP contribution is 2.13. The molecule has 1 rings (SSSR count). The summed E-state index contributed by atoms with van der Waals surface area (Å²) in [7, 11) is 0. The quantitative estimate of drug-likeness (QED) is 0.569. The molecular weight excluding hydrogens is 187 g/mol. The normalized spacial score (nSPS) is 17.8. The summed E-state index contributed by atoms with van der Waals surface area (Å²) in [4.78, 5) is 8.78. The SMILES string of the molecule is O=C([O-])C(F)(F)F.[NH3+]C1CCCC1. The van der Waals surface area contributed by atoms with Gasteiger partial charge in [-0.1, -0.05) is 0 Å². The molecule has 0 atom stereocenters. The van der Waals surface area contributed by atoms with E-state index in [9.17, 15) is 13.2 Å². The Balaban J connectivity index is 0.000000223. The van der Waals surface area contributed by atoms with Gasteiger partial charge in [-0.15, -0.1) is 0 Å². The van der Waals surface area contributed by atoms with E-state index in [0.717, 1.165) is 6.04 Å². The monoisotopic (exact) mass is 199 g/mol. The first kappa shape index (κ1) is 12.2. The third kappa shape index (κ3) is 6.39. The summed E-state index contributed by atoms with van der Waals surface area (Å²) >= 11 is 0. The highest BCUT2D eigenvalue weighted by atomic mass is 19.4. The predicted octanol–water partition coefficient (Wildman–Crippen LogP) is -0.531. The van der Waals surface area contributed by atoms with E-state index in [2.05, 4.69) is 5.73 Å². The lowest BCUT2D eigenvalue weighted by molar-refractivity contribution is -0.417. The van der Waals surface area contributed by atoms with Crippen LogP contribution in [0.2, 0.25) is 0 Å². The number of hydrogen-bond acceptors (Lipinski definition) is 2. The fourth-order valence-electron chi connectivity index (χ4n) is 1.01. The second-order valence-electron chi connectivity index (χ2n) is 2.94. The van der Waals surface area contributed by atoms with Gasteiger partial charge in [0.1, 0.15) is 5.97 Å². The molecule has 0 amide bonds. The van der Waals surface area contributed by atoms with E-state index in [-0.39, 0.29) is 0 Å². The van der Waals surface area contributed by atoms with E-state index in [4.69, 9.17) is 9.90 Å². The lowest BCUT2D eigenvalue weighted by Crippen LogP contribution is -2.59. The number of alkyl halides is 3. The van der Waals surface area contributed by atoms with Crippen molar-refractivity contribution in [1.82, 2.24) is 0 Å². The summed E-state index contributed by atoms with van der Waals surface area (Å²) in [5, 5.41) is 8.78. The van der Waals surface area contributed by atoms with Crippen molar-refractivity contribution in [3.8, 4) is 0 Å². The Morgan fingerprint density at radius 1 is 1.31 bits per heavy atom. The van der Waals surface area contributed by atoms with Crippen LogP contribution in [0.4, 0.5) is 13.2 Å². The van der Waals surface area contributed by atoms with E-state index < -0.39 is 12.1 Å². The van der Waals surface area contributed by atoms with Crippen molar-refractivity contribution >= 4 is 5.97 Å². The fraction of sp³-hybridized carbons (Fsp3) is 0.857. The number of hydrogen-bond donors (Lipinski definition) is 1. The van der Waals surface area contributed by atoms with E-state index >= 15 is 0 Å². The zero-order valence-corrected chi connectivity index (χ0v) is 7.06. The van der Waals surface area contributed by atoms with Gasteiger partial charge in [0.15, 0.2) is 0 Å².